The molecule has 0 radical (unpaired) electrons. The van der Waals surface area contributed by atoms with Gasteiger partial charge in [0.1, 0.15) is 5.75 Å². The number of nitrogens with zero attached hydrogens (tertiary/aromatic N) is 3. The van der Waals surface area contributed by atoms with E-state index in [1.165, 1.54) is 17.8 Å². The van der Waals surface area contributed by atoms with Crippen LogP contribution in [0.25, 0.3) is 0 Å². The largest absolute Gasteiger partial charge is 0.493 e. The number of carboxylic acids is 2. The predicted octanol–water partition coefficient (Wildman–Crippen LogP) is 4.14. The molecule has 4 N–H and O–H groups in total. The average molecular weight is 592 g/mol. The molecular formula is C29H35F2N3O6S. The van der Waals surface area contributed by atoms with Gasteiger partial charge in [-0.2, -0.15) is 0 Å². The normalized spacial score (nSPS) is 18.0. The number of rotatable bonds is 10. The van der Waals surface area contributed by atoms with E-state index in [9.17, 15) is 28.6 Å². The van der Waals surface area contributed by atoms with Crippen LogP contribution in [0.2, 0.25) is 0 Å². The van der Waals surface area contributed by atoms with Crippen LogP contribution in [0.4, 0.5) is 8.78 Å². The lowest BCUT2D eigenvalue weighted by atomic mass is 9.99. The van der Waals surface area contributed by atoms with Crippen molar-refractivity contribution in [3.05, 3.63) is 76.9 Å². The van der Waals surface area contributed by atoms with Gasteiger partial charge in [0.15, 0.2) is 16.8 Å². The van der Waals surface area contributed by atoms with E-state index in [4.69, 9.17) is 9.73 Å². The number of amidine groups is 1. The SMILES string of the molecule is CN(C1=NCc2ccccc2C(/C(=C\C(=O)O)C(=O)O)S1)C1CCN(CCCCOc2ccc(F)c(F)c2)CC1.O. The molecule has 1 saturated heterocycles. The minimum Gasteiger partial charge on any atom is -0.493 e. The first-order chi connectivity index (χ1) is 19.2. The quantitative estimate of drug-likeness (QED) is 0.311. The summed E-state index contributed by atoms with van der Waals surface area (Å²) in [6.07, 6.45) is 4.32. The Hall–Kier alpha value is -3.48. The highest BCUT2D eigenvalue weighted by atomic mass is 32.2. The molecule has 2 heterocycles. The third-order valence-corrected chi connectivity index (χ3v) is 8.56. The van der Waals surface area contributed by atoms with Crippen LogP contribution in [0.1, 0.15) is 42.1 Å². The number of thioether (sulfide) groups is 1. The summed E-state index contributed by atoms with van der Waals surface area (Å²) in [5, 5.41) is 19.2. The maximum atomic E-state index is 13.3. The van der Waals surface area contributed by atoms with E-state index in [1.807, 2.05) is 31.3 Å². The molecule has 4 rings (SSSR count). The molecule has 1 fully saturated rings. The Morgan fingerprint density at radius 2 is 1.85 bits per heavy atom. The summed E-state index contributed by atoms with van der Waals surface area (Å²) in [7, 11) is 1.97. The number of fused-ring (bicyclic) bond motifs is 1. The molecule has 2 aliphatic heterocycles. The predicted molar refractivity (Wildman–Crippen MR) is 153 cm³/mol. The number of hydrogen-bond donors (Lipinski definition) is 2. The molecule has 0 spiro atoms. The van der Waals surface area contributed by atoms with Crippen molar-refractivity contribution in [1.82, 2.24) is 9.80 Å². The highest BCUT2D eigenvalue weighted by Gasteiger charge is 2.33. The molecule has 2 aromatic carbocycles. The molecule has 0 aliphatic carbocycles. The second-order valence-electron chi connectivity index (χ2n) is 9.85. The average Bonchev–Trinajstić information content (AvgIpc) is 3.13. The third-order valence-electron chi connectivity index (χ3n) is 7.19. The molecule has 0 amide bonds. The van der Waals surface area contributed by atoms with Gasteiger partial charge >= 0.3 is 11.9 Å². The van der Waals surface area contributed by atoms with Crippen molar-refractivity contribution >= 4 is 28.9 Å². The number of piperidine rings is 1. The molecule has 0 aromatic heterocycles. The van der Waals surface area contributed by atoms with Gasteiger partial charge in [-0.15, -0.1) is 0 Å². The van der Waals surface area contributed by atoms with E-state index >= 15 is 0 Å². The van der Waals surface area contributed by atoms with Gasteiger partial charge in [-0.1, -0.05) is 36.0 Å². The van der Waals surface area contributed by atoms with Crippen LogP contribution in [0.3, 0.4) is 0 Å². The van der Waals surface area contributed by atoms with Crippen LogP contribution >= 0.6 is 11.8 Å². The van der Waals surface area contributed by atoms with Gasteiger partial charge < -0.3 is 30.2 Å². The number of ether oxygens (including phenoxy) is 1. The molecule has 41 heavy (non-hydrogen) atoms. The van der Waals surface area contributed by atoms with Gasteiger partial charge in [-0.3, -0.25) is 4.99 Å². The summed E-state index contributed by atoms with van der Waals surface area (Å²) in [5.41, 5.74) is 1.46. The fourth-order valence-corrected chi connectivity index (χ4v) is 6.30. The highest BCUT2D eigenvalue weighted by Crippen LogP contribution is 2.42. The second-order valence-corrected chi connectivity index (χ2v) is 10.9. The van der Waals surface area contributed by atoms with Crippen LogP contribution < -0.4 is 4.74 Å². The number of unbranched alkanes of at least 4 members (excludes halogenated alkanes) is 1. The van der Waals surface area contributed by atoms with Crippen LogP contribution in [0.15, 0.2) is 59.1 Å². The Balaban J connectivity index is 0.00000462. The number of aliphatic imine (C=N–C) groups is 1. The van der Waals surface area contributed by atoms with Gasteiger partial charge in [0, 0.05) is 38.3 Å². The maximum absolute atomic E-state index is 13.3. The van der Waals surface area contributed by atoms with Crippen molar-refractivity contribution in [2.75, 3.05) is 33.3 Å². The highest BCUT2D eigenvalue weighted by molar-refractivity contribution is 8.14. The molecule has 1 unspecified atom stereocenters. The Morgan fingerprint density at radius 1 is 1.12 bits per heavy atom. The lowest BCUT2D eigenvalue weighted by molar-refractivity contribution is -0.135. The molecule has 2 aliphatic rings. The number of likely N-dealkylation sites (tertiary alicyclic amines) is 1. The number of carboxylic acid groups (broad SMARTS) is 2. The monoisotopic (exact) mass is 591 g/mol. The first-order valence-corrected chi connectivity index (χ1v) is 14.1. The Morgan fingerprint density at radius 3 is 2.54 bits per heavy atom. The van der Waals surface area contributed by atoms with Gasteiger partial charge in [-0.05, 0) is 55.5 Å². The Labute approximate surface area is 241 Å². The second kappa shape index (κ2) is 14.9. The molecule has 1 atom stereocenters. The zero-order valence-corrected chi connectivity index (χ0v) is 23.6. The van der Waals surface area contributed by atoms with Crippen molar-refractivity contribution in [2.24, 2.45) is 4.99 Å². The zero-order valence-electron chi connectivity index (χ0n) is 22.8. The van der Waals surface area contributed by atoms with Gasteiger partial charge in [0.2, 0.25) is 0 Å². The third kappa shape index (κ3) is 8.51. The Kier molecular flexibility index (Phi) is 11.7. The molecule has 0 bridgehead atoms. The summed E-state index contributed by atoms with van der Waals surface area (Å²) in [4.78, 5) is 32.8. The minimum absolute atomic E-state index is 0. The zero-order chi connectivity index (χ0) is 28.6. The summed E-state index contributed by atoms with van der Waals surface area (Å²) < 4.78 is 31.9. The topological polar surface area (TPSA) is 134 Å². The Bertz CT molecular complexity index is 1280. The van der Waals surface area contributed by atoms with Crippen molar-refractivity contribution in [2.45, 2.75) is 43.5 Å². The number of carbonyl (C=O) groups is 2. The summed E-state index contributed by atoms with van der Waals surface area (Å²) >= 11 is 1.29. The molecule has 2 aromatic rings. The number of hydrogen-bond acceptors (Lipinski definition) is 7. The summed E-state index contributed by atoms with van der Waals surface area (Å²) in [6.45, 7) is 3.54. The van der Waals surface area contributed by atoms with Crippen molar-refractivity contribution in [3.63, 3.8) is 0 Å². The van der Waals surface area contributed by atoms with E-state index in [1.54, 1.807) is 0 Å². The first kappa shape index (κ1) is 32.0. The fourth-order valence-electron chi connectivity index (χ4n) is 4.98. The molecular weight excluding hydrogens is 556 g/mol. The number of aliphatic carboxylic acids is 2. The standard InChI is InChI=1S/C29H33F2N3O5S.H2O/c1-33(20-10-13-34(14-11-20)12-4-5-15-39-21-8-9-24(30)25(31)16-21)29-32-18-19-6-2-3-7-22(19)27(40-29)23(28(37)38)17-26(35)36;/h2-3,6-9,16-17,20,27H,4-5,10-15,18H2,1H3,(H,35,36)(H,37,38);1H2/b23-17+;. The van der Waals surface area contributed by atoms with Crippen LogP contribution in [-0.4, -0.2) is 81.9 Å². The van der Waals surface area contributed by atoms with Crippen LogP contribution in [0, 0.1) is 11.6 Å². The number of benzene rings is 2. The van der Waals surface area contributed by atoms with E-state index in [2.05, 4.69) is 9.80 Å². The van der Waals surface area contributed by atoms with E-state index in [0.29, 0.717) is 24.1 Å². The lowest BCUT2D eigenvalue weighted by Crippen LogP contribution is -2.45. The first-order valence-electron chi connectivity index (χ1n) is 13.2. The van der Waals surface area contributed by atoms with Crippen LogP contribution in [-0.2, 0) is 16.1 Å². The van der Waals surface area contributed by atoms with Gasteiger partial charge in [0.05, 0.1) is 24.0 Å². The van der Waals surface area contributed by atoms with Gasteiger partial charge in [0.25, 0.3) is 0 Å². The smallest absolute Gasteiger partial charge is 0.333 e. The molecule has 0 saturated carbocycles. The minimum atomic E-state index is -1.30. The van der Waals surface area contributed by atoms with E-state index < -0.39 is 28.8 Å². The number of halogens is 2. The molecule has 9 nitrogen and oxygen atoms in total. The summed E-state index contributed by atoms with van der Waals surface area (Å²) in [5.74, 6) is -4.05. The van der Waals surface area contributed by atoms with Crippen LogP contribution in [0.5, 0.6) is 5.75 Å². The molecule has 222 valence electrons. The van der Waals surface area contributed by atoms with E-state index in [0.717, 1.165) is 74.7 Å². The van der Waals surface area contributed by atoms with Gasteiger partial charge in [-0.25, -0.2) is 18.4 Å². The fraction of sp³-hybridized carbons (Fsp3) is 0.414. The lowest BCUT2D eigenvalue weighted by Gasteiger charge is -2.38. The maximum Gasteiger partial charge on any atom is 0.333 e. The molecule has 12 heteroatoms. The van der Waals surface area contributed by atoms with E-state index in [-0.39, 0.29) is 17.1 Å². The van der Waals surface area contributed by atoms with Crippen molar-refractivity contribution in [3.8, 4) is 5.75 Å². The van der Waals surface area contributed by atoms with Crippen molar-refractivity contribution < 1.29 is 38.8 Å². The van der Waals surface area contributed by atoms with Crippen molar-refractivity contribution in [1.29, 1.82) is 0 Å². The summed E-state index contributed by atoms with van der Waals surface area (Å²) in [6, 6.07) is 11.2.